The fourth-order valence-electron chi connectivity index (χ4n) is 4.50. The van der Waals surface area contributed by atoms with Gasteiger partial charge in [0.05, 0.1) is 27.0 Å². The van der Waals surface area contributed by atoms with Crippen LogP contribution < -0.4 is 24.4 Å². The first-order valence-corrected chi connectivity index (χ1v) is 13.6. The standard InChI is InChI=1S/C30H34N2O5S/c1-5-6-9-20-12-14-22(15-13-20)31-28(33)19-32-23-10-7-8-11-26(23)38-27(18-29(32)34)21-16-24(35-2)30(37-4)25(17-21)36-3/h7-8,10-17,27H,5-6,9,18-19H2,1-4H3,(H,31,33). The molecule has 1 N–H and O–H groups in total. The summed E-state index contributed by atoms with van der Waals surface area (Å²) >= 11 is 1.58. The van der Waals surface area contributed by atoms with Crippen LogP contribution in [0.1, 0.15) is 42.6 Å². The van der Waals surface area contributed by atoms with Crippen LogP contribution in [0.5, 0.6) is 17.2 Å². The van der Waals surface area contributed by atoms with Crippen LogP contribution in [0.25, 0.3) is 0 Å². The molecule has 0 bridgehead atoms. The van der Waals surface area contributed by atoms with Gasteiger partial charge in [0.15, 0.2) is 11.5 Å². The average molecular weight is 535 g/mol. The van der Waals surface area contributed by atoms with Crippen molar-refractivity contribution in [3.05, 3.63) is 71.8 Å². The first kappa shape index (κ1) is 27.4. The molecule has 0 saturated heterocycles. The van der Waals surface area contributed by atoms with E-state index in [0.29, 0.717) is 17.2 Å². The Morgan fingerprint density at radius 3 is 2.32 bits per heavy atom. The van der Waals surface area contributed by atoms with Crippen LogP contribution in [0.2, 0.25) is 0 Å². The summed E-state index contributed by atoms with van der Waals surface area (Å²) in [6.45, 7) is 2.10. The Morgan fingerprint density at radius 1 is 1.00 bits per heavy atom. The number of amides is 2. The first-order chi connectivity index (χ1) is 18.5. The minimum atomic E-state index is -0.245. The molecule has 8 heteroatoms. The summed E-state index contributed by atoms with van der Waals surface area (Å²) in [5, 5.41) is 2.74. The molecule has 38 heavy (non-hydrogen) atoms. The van der Waals surface area contributed by atoms with Gasteiger partial charge in [0, 0.05) is 22.3 Å². The number of hydrogen-bond donors (Lipinski definition) is 1. The summed E-state index contributed by atoms with van der Waals surface area (Å²) in [6.07, 6.45) is 3.51. The van der Waals surface area contributed by atoms with Crippen LogP contribution in [0.15, 0.2) is 65.6 Å². The molecule has 0 saturated carbocycles. The molecule has 1 aliphatic rings. The van der Waals surface area contributed by atoms with E-state index >= 15 is 0 Å². The number of benzene rings is 3. The van der Waals surface area contributed by atoms with Crippen molar-refractivity contribution >= 4 is 35.0 Å². The Hall–Kier alpha value is -3.65. The molecular weight excluding hydrogens is 500 g/mol. The van der Waals surface area contributed by atoms with Crippen molar-refractivity contribution in [2.45, 2.75) is 42.8 Å². The summed E-state index contributed by atoms with van der Waals surface area (Å²) in [7, 11) is 4.70. The lowest BCUT2D eigenvalue weighted by Gasteiger charge is -2.22. The van der Waals surface area contributed by atoms with Gasteiger partial charge in [-0.25, -0.2) is 0 Å². The van der Waals surface area contributed by atoms with E-state index in [4.69, 9.17) is 14.2 Å². The highest BCUT2D eigenvalue weighted by Gasteiger charge is 2.31. The molecular formula is C30H34N2O5S. The number of para-hydroxylation sites is 1. The van der Waals surface area contributed by atoms with E-state index in [1.54, 1.807) is 38.0 Å². The van der Waals surface area contributed by atoms with E-state index < -0.39 is 0 Å². The normalized spacial score (nSPS) is 14.9. The van der Waals surface area contributed by atoms with Crippen LogP contribution in [0.4, 0.5) is 11.4 Å². The average Bonchev–Trinajstić information content (AvgIpc) is 3.07. The molecule has 7 nitrogen and oxygen atoms in total. The second kappa shape index (κ2) is 12.7. The number of rotatable bonds is 10. The van der Waals surface area contributed by atoms with Crippen LogP contribution in [-0.4, -0.2) is 39.7 Å². The lowest BCUT2D eigenvalue weighted by molar-refractivity contribution is -0.121. The number of carbonyl (C=O) groups excluding carboxylic acids is 2. The molecule has 200 valence electrons. The van der Waals surface area contributed by atoms with Crippen molar-refractivity contribution in [3.63, 3.8) is 0 Å². The van der Waals surface area contributed by atoms with E-state index in [1.165, 1.54) is 5.56 Å². The van der Waals surface area contributed by atoms with Gasteiger partial charge in [0.1, 0.15) is 6.54 Å². The lowest BCUT2D eigenvalue weighted by Crippen LogP contribution is -2.38. The van der Waals surface area contributed by atoms with Crippen LogP contribution in [0.3, 0.4) is 0 Å². The Morgan fingerprint density at radius 2 is 1.68 bits per heavy atom. The van der Waals surface area contributed by atoms with Gasteiger partial charge < -0.3 is 24.4 Å². The summed E-state index contributed by atoms with van der Waals surface area (Å²) in [5.74, 6) is 1.19. The van der Waals surface area contributed by atoms with Crippen LogP contribution in [0, 0.1) is 0 Å². The minimum absolute atomic E-state index is 0.0734. The fourth-order valence-corrected chi connectivity index (χ4v) is 5.76. The Labute approximate surface area is 228 Å². The van der Waals surface area contributed by atoms with Gasteiger partial charge in [-0.3, -0.25) is 9.59 Å². The third-order valence-electron chi connectivity index (χ3n) is 6.50. The van der Waals surface area contributed by atoms with Crippen molar-refractivity contribution in [1.82, 2.24) is 0 Å². The number of thioether (sulfide) groups is 1. The highest BCUT2D eigenvalue weighted by molar-refractivity contribution is 7.99. The van der Waals surface area contributed by atoms with Gasteiger partial charge in [0.25, 0.3) is 0 Å². The number of methoxy groups -OCH3 is 3. The maximum absolute atomic E-state index is 13.6. The summed E-state index contributed by atoms with van der Waals surface area (Å²) in [4.78, 5) is 29.1. The third-order valence-corrected chi connectivity index (χ3v) is 7.83. The largest absolute Gasteiger partial charge is 0.493 e. The van der Waals surface area contributed by atoms with E-state index in [9.17, 15) is 9.59 Å². The van der Waals surface area contributed by atoms with Crippen molar-refractivity contribution < 1.29 is 23.8 Å². The maximum atomic E-state index is 13.6. The zero-order chi connectivity index (χ0) is 27.1. The third kappa shape index (κ3) is 6.25. The number of fused-ring (bicyclic) bond motifs is 1. The predicted molar refractivity (Wildman–Crippen MR) is 152 cm³/mol. The molecule has 3 aromatic carbocycles. The molecule has 0 spiro atoms. The van der Waals surface area contributed by atoms with E-state index in [2.05, 4.69) is 12.2 Å². The van der Waals surface area contributed by atoms with Crippen LogP contribution >= 0.6 is 11.8 Å². The number of aryl methyl sites for hydroxylation is 1. The highest BCUT2D eigenvalue weighted by Crippen LogP contribution is 2.49. The topological polar surface area (TPSA) is 77.1 Å². The van der Waals surface area contributed by atoms with Crippen molar-refractivity contribution in [3.8, 4) is 17.2 Å². The highest BCUT2D eigenvalue weighted by atomic mass is 32.2. The monoisotopic (exact) mass is 534 g/mol. The number of unbranched alkanes of at least 4 members (excludes halogenated alkanes) is 1. The quantitative estimate of drug-likeness (QED) is 0.331. The van der Waals surface area contributed by atoms with Gasteiger partial charge in [-0.1, -0.05) is 37.6 Å². The molecule has 0 aromatic heterocycles. The molecule has 0 radical (unpaired) electrons. The predicted octanol–water partition coefficient (Wildman–Crippen LogP) is 6.26. The molecule has 3 aromatic rings. The van der Waals surface area contributed by atoms with Gasteiger partial charge in [-0.2, -0.15) is 0 Å². The van der Waals surface area contributed by atoms with Gasteiger partial charge in [-0.05, 0) is 60.4 Å². The number of nitrogens with one attached hydrogen (secondary N) is 1. The number of nitrogens with zero attached hydrogens (tertiary/aromatic N) is 1. The van der Waals surface area contributed by atoms with Crippen LogP contribution in [-0.2, 0) is 16.0 Å². The molecule has 0 aliphatic carbocycles. The maximum Gasteiger partial charge on any atom is 0.244 e. The Bertz CT molecular complexity index is 1250. The van der Waals surface area contributed by atoms with E-state index in [-0.39, 0.29) is 30.0 Å². The number of ether oxygens (including phenoxy) is 3. The molecule has 1 atom stereocenters. The zero-order valence-corrected chi connectivity index (χ0v) is 23.1. The Balaban J connectivity index is 1.56. The smallest absolute Gasteiger partial charge is 0.244 e. The Kier molecular flexibility index (Phi) is 9.18. The summed E-state index contributed by atoms with van der Waals surface area (Å²) in [6, 6.07) is 19.3. The van der Waals surface area contributed by atoms with Gasteiger partial charge in [-0.15, -0.1) is 11.8 Å². The second-order valence-electron chi connectivity index (χ2n) is 9.07. The zero-order valence-electron chi connectivity index (χ0n) is 22.3. The molecule has 1 aliphatic heterocycles. The van der Waals surface area contributed by atoms with E-state index in [0.717, 1.165) is 41.1 Å². The fraction of sp³-hybridized carbons (Fsp3) is 0.333. The number of carbonyl (C=O) groups is 2. The first-order valence-electron chi connectivity index (χ1n) is 12.7. The van der Waals surface area contributed by atoms with Crippen molar-refractivity contribution in [2.75, 3.05) is 38.1 Å². The number of anilines is 2. The minimum Gasteiger partial charge on any atom is -0.493 e. The van der Waals surface area contributed by atoms with E-state index in [1.807, 2.05) is 60.7 Å². The second-order valence-corrected chi connectivity index (χ2v) is 10.3. The molecule has 1 unspecified atom stereocenters. The summed E-state index contributed by atoms with van der Waals surface area (Å²) in [5.41, 5.74) is 3.57. The van der Waals surface area contributed by atoms with Crippen molar-refractivity contribution in [1.29, 1.82) is 0 Å². The van der Waals surface area contributed by atoms with Gasteiger partial charge in [0.2, 0.25) is 17.6 Å². The number of hydrogen-bond acceptors (Lipinski definition) is 6. The lowest BCUT2D eigenvalue weighted by atomic mass is 10.1. The molecule has 1 heterocycles. The molecule has 2 amide bonds. The van der Waals surface area contributed by atoms with Gasteiger partial charge >= 0.3 is 0 Å². The molecule has 0 fully saturated rings. The molecule has 4 rings (SSSR count). The summed E-state index contributed by atoms with van der Waals surface area (Å²) < 4.78 is 16.5. The SMILES string of the molecule is CCCCc1ccc(NC(=O)CN2C(=O)CC(c3cc(OC)c(OC)c(OC)c3)Sc3ccccc32)cc1. The van der Waals surface area contributed by atoms with Crippen molar-refractivity contribution in [2.24, 2.45) is 0 Å².